The van der Waals surface area contributed by atoms with Crippen LogP contribution in [-0.4, -0.2) is 5.67 Å². The summed E-state index contributed by atoms with van der Waals surface area (Å²) in [6, 6.07) is 0. The second-order valence-electron chi connectivity index (χ2n) is 4.72. The first-order valence-corrected chi connectivity index (χ1v) is 4.85. The number of alkyl halides is 1. The Morgan fingerprint density at radius 3 is 2.27 bits per heavy atom. The maximum absolute atomic E-state index is 13.6. The Hall–Kier alpha value is -0.0700. The fourth-order valence-corrected chi connectivity index (χ4v) is 3.06. The highest BCUT2D eigenvalue weighted by Gasteiger charge is 2.38. The van der Waals surface area contributed by atoms with Gasteiger partial charge in [-0.1, -0.05) is 19.3 Å². The first kappa shape index (κ1) is 7.57. The third-order valence-corrected chi connectivity index (χ3v) is 3.32. The van der Waals surface area contributed by atoms with E-state index in [2.05, 4.69) is 0 Å². The van der Waals surface area contributed by atoms with Gasteiger partial charge in [0.1, 0.15) is 5.67 Å². The zero-order valence-corrected chi connectivity index (χ0v) is 7.28. The van der Waals surface area contributed by atoms with Crippen LogP contribution in [-0.2, 0) is 0 Å². The summed E-state index contributed by atoms with van der Waals surface area (Å²) in [5.74, 6) is 1.44. The highest BCUT2D eigenvalue weighted by atomic mass is 19.1. The lowest BCUT2D eigenvalue weighted by molar-refractivity contribution is 0.0327. The van der Waals surface area contributed by atoms with E-state index in [-0.39, 0.29) is 0 Å². The van der Waals surface area contributed by atoms with Crippen molar-refractivity contribution in [2.75, 3.05) is 0 Å². The standard InChI is InChI=1S/C10H17F/c1-10(11)6-8-3-2-4-9(5-8)7-10/h8-9H,2-7H2,1H3. The molecule has 1 heteroatoms. The fraction of sp³-hybridized carbons (Fsp3) is 1.00. The van der Waals surface area contributed by atoms with Gasteiger partial charge in [0.25, 0.3) is 0 Å². The lowest BCUT2D eigenvalue weighted by Crippen LogP contribution is -2.35. The molecule has 0 aliphatic heterocycles. The summed E-state index contributed by atoms with van der Waals surface area (Å²) in [6.45, 7) is 1.79. The highest BCUT2D eigenvalue weighted by Crippen LogP contribution is 2.45. The normalized spacial score (nSPS) is 50.7. The van der Waals surface area contributed by atoms with Gasteiger partial charge in [-0.2, -0.15) is 0 Å². The molecule has 0 aromatic heterocycles. The van der Waals surface area contributed by atoms with E-state index in [0.29, 0.717) is 0 Å². The predicted molar refractivity (Wildman–Crippen MR) is 44.2 cm³/mol. The van der Waals surface area contributed by atoms with E-state index >= 15 is 0 Å². The molecule has 0 saturated heterocycles. The molecule has 0 heterocycles. The van der Waals surface area contributed by atoms with Gasteiger partial charge in [0, 0.05) is 0 Å². The molecule has 2 unspecified atom stereocenters. The van der Waals surface area contributed by atoms with Crippen LogP contribution in [0.1, 0.15) is 45.4 Å². The van der Waals surface area contributed by atoms with Crippen LogP contribution in [0.5, 0.6) is 0 Å². The Bertz CT molecular complexity index is 137. The third kappa shape index (κ3) is 1.57. The molecule has 2 aliphatic carbocycles. The Morgan fingerprint density at radius 2 is 1.73 bits per heavy atom. The molecular formula is C10H17F. The maximum atomic E-state index is 13.6. The van der Waals surface area contributed by atoms with Gasteiger partial charge in [-0.15, -0.1) is 0 Å². The highest BCUT2D eigenvalue weighted by molar-refractivity contribution is 4.90. The molecule has 2 rings (SSSR count). The monoisotopic (exact) mass is 156 g/mol. The van der Waals surface area contributed by atoms with E-state index in [9.17, 15) is 4.39 Å². The molecule has 0 nitrogen and oxygen atoms in total. The van der Waals surface area contributed by atoms with Gasteiger partial charge in [-0.05, 0) is 38.0 Å². The number of hydrogen-bond donors (Lipinski definition) is 0. The van der Waals surface area contributed by atoms with Crippen molar-refractivity contribution in [2.24, 2.45) is 11.8 Å². The van der Waals surface area contributed by atoms with Gasteiger partial charge in [0.2, 0.25) is 0 Å². The SMILES string of the molecule is CC1(F)CC2CCCC(C2)C1. The summed E-state index contributed by atoms with van der Waals surface area (Å²) in [6.07, 6.45) is 6.92. The smallest absolute Gasteiger partial charge is 0.108 e. The first-order valence-electron chi connectivity index (χ1n) is 4.85. The van der Waals surface area contributed by atoms with E-state index in [1.165, 1.54) is 25.7 Å². The Kier molecular flexibility index (Phi) is 1.70. The number of rotatable bonds is 0. The van der Waals surface area contributed by atoms with E-state index in [0.717, 1.165) is 24.7 Å². The van der Waals surface area contributed by atoms with Crippen LogP contribution in [0.25, 0.3) is 0 Å². The Labute approximate surface area is 68.2 Å². The minimum atomic E-state index is -0.825. The molecule has 11 heavy (non-hydrogen) atoms. The first-order chi connectivity index (χ1) is 5.16. The average molecular weight is 156 g/mol. The van der Waals surface area contributed by atoms with Crippen molar-refractivity contribution in [3.63, 3.8) is 0 Å². The van der Waals surface area contributed by atoms with Crippen molar-refractivity contribution in [1.82, 2.24) is 0 Å². The second kappa shape index (κ2) is 2.46. The van der Waals surface area contributed by atoms with Crippen LogP contribution in [0.4, 0.5) is 4.39 Å². The van der Waals surface area contributed by atoms with Gasteiger partial charge >= 0.3 is 0 Å². The summed E-state index contributed by atoms with van der Waals surface area (Å²) >= 11 is 0. The summed E-state index contributed by atoms with van der Waals surface area (Å²) < 4.78 is 13.6. The van der Waals surface area contributed by atoms with E-state index < -0.39 is 5.67 Å². The van der Waals surface area contributed by atoms with Crippen molar-refractivity contribution >= 4 is 0 Å². The molecule has 2 aliphatic rings. The Morgan fingerprint density at radius 1 is 1.18 bits per heavy atom. The summed E-state index contributed by atoms with van der Waals surface area (Å²) in [7, 11) is 0. The molecule has 64 valence electrons. The van der Waals surface area contributed by atoms with Crippen molar-refractivity contribution in [3.8, 4) is 0 Å². The zero-order valence-electron chi connectivity index (χ0n) is 7.28. The van der Waals surface area contributed by atoms with Crippen molar-refractivity contribution in [3.05, 3.63) is 0 Å². The maximum Gasteiger partial charge on any atom is 0.108 e. The van der Waals surface area contributed by atoms with E-state index in [1.54, 1.807) is 6.92 Å². The van der Waals surface area contributed by atoms with Crippen LogP contribution in [0.2, 0.25) is 0 Å². The van der Waals surface area contributed by atoms with Crippen LogP contribution >= 0.6 is 0 Å². The lowest BCUT2D eigenvalue weighted by atomic mass is 9.67. The van der Waals surface area contributed by atoms with Crippen molar-refractivity contribution < 1.29 is 4.39 Å². The topological polar surface area (TPSA) is 0 Å². The molecule has 0 N–H and O–H groups in total. The molecule has 0 aromatic rings. The fourth-order valence-electron chi connectivity index (χ4n) is 3.06. The van der Waals surface area contributed by atoms with Crippen molar-refractivity contribution in [1.29, 1.82) is 0 Å². The quantitative estimate of drug-likeness (QED) is 0.504. The number of hydrogen-bond acceptors (Lipinski definition) is 0. The molecule has 2 saturated carbocycles. The summed E-state index contributed by atoms with van der Waals surface area (Å²) in [5, 5.41) is 0. The number of halogens is 1. The van der Waals surface area contributed by atoms with Gasteiger partial charge in [0.15, 0.2) is 0 Å². The van der Waals surface area contributed by atoms with Gasteiger partial charge < -0.3 is 0 Å². The van der Waals surface area contributed by atoms with Crippen LogP contribution < -0.4 is 0 Å². The molecular weight excluding hydrogens is 139 g/mol. The Balaban J connectivity index is 2.05. The third-order valence-electron chi connectivity index (χ3n) is 3.32. The predicted octanol–water partition coefficient (Wildman–Crippen LogP) is 3.31. The van der Waals surface area contributed by atoms with Gasteiger partial charge in [-0.25, -0.2) is 4.39 Å². The molecule has 0 aromatic carbocycles. The van der Waals surface area contributed by atoms with Crippen LogP contribution in [0.3, 0.4) is 0 Å². The molecule has 0 radical (unpaired) electrons. The summed E-state index contributed by atoms with van der Waals surface area (Å²) in [5.41, 5.74) is -0.825. The lowest BCUT2D eigenvalue weighted by Gasteiger charge is -2.41. The zero-order chi connectivity index (χ0) is 7.90. The van der Waals surface area contributed by atoms with Crippen LogP contribution in [0.15, 0.2) is 0 Å². The number of fused-ring (bicyclic) bond motifs is 2. The second-order valence-corrected chi connectivity index (χ2v) is 4.72. The molecule has 2 bridgehead atoms. The molecule has 0 spiro atoms. The van der Waals surface area contributed by atoms with Crippen molar-refractivity contribution in [2.45, 2.75) is 51.1 Å². The molecule has 0 amide bonds. The average Bonchev–Trinajstić information content (AvgIpc) is 1.82. The van der Waals surface area contributed by atoms with Gasteiger partial charge in [-0.3, -0.25) is 0 Å². The molecule has 2 fully saturated rings. The minimum absolute atomic E-state index is 0.720. The van der Waals surface area contributed by atoms with E-state index in [1.807, 2.05) is 0 Å². The van der Waals surface area contributed by atoms with Crippen LogP contribution in [0, 0.1) is 11.8 Å². The largest absolute Gasteiger partial charge is 0.244 e. The summed E-state index contributed by atoms with van der Waals surface area (Å²) in [4.78, 5) is 0. The minimum Gasteiger partial charge on any atom is -0.244 e. The van der Waals surface area contributed by atoms with E-state index in [4.69, 9.17) is 0 Å². The van der Waals surface area contributed by atoms with Gasteiger partial charge in [0.05, 0.1) is 0 Å². The molecule has 2 atom stereocenters.